The molecule has 2 atom stereocenters. The number of ketones is 2. The molecule has 1 N–H and O–H groups in total. The number of piperidine rings is 1. The molecule has 2 fully saturated rings. The van der Waals surface area contributed by atoms with Crippen LogP contribution in [0.25, 0.3) is 0 Å². The molecule has 1 saturated heterocycles. The lowest BCUT2D eigenvalue weighted by Crippen LogP contribution is -2.44. The lowest BCUT2D eigenvalue weighted by Gasteiger charge is -2.28. The Kier molecular flexibility index (Phi) is 3.59. The maximum absolute atomic E-state index is 12.2. The van der Waals surface area contributed by atoms with E-state index < -0.39 is 23.7 Å². The first kappa shape index (κ1) is 12.9. The van der Waals surface area contributed by atoms with Gasteiger partial charge in [0.1, 0.15) is 11.6 Å². The number of rotatable bonds is 2. The van der Waals surface area contributed by atoms with Crippen molar-refractivity contribution in [3.8, 4) is 0 Å². The molecule has 0 bridgehead atoms. The van der Waals surface area contributed by atoms with Gasteiger partial charge in [-0.15, -0.1) is 0 Å². The van der Waals surface area contributed by atoms with Crippen LogP contribution in [0.5, 0.6) is 0 Å². The zero-order valence-corrected chi connectivity index (χ0v) is 10.4. The van der Waals surface area contributed by atoms with Crippen LogP contribution in [-0.2, 0) is 19.2 Å². The average Bonchev–Trinajstić information content (AvgIpc) is 2.30. The van der Waals surface area contributed by atoms with Crippen LogP contribution in [0, 0.1) is 17.8 Å². The van der Waals surface area contributed by atoms with Crippen molar-refractivity contribution in [2.45, 2.75) is 39.0 Å². The number of Topliss-reactive ketones (excluding diaryl/α,β-unsaturated/α-hetero) is 2. The molecule has 0 spiro atoms. The minimum absolute atomic E-state index is 0.0234. The maximum Gasteiger partial charge on any atom is 0.227 e. The van der Waals surface area contributed by atoms with Crippen LogP contribution in [0.4, 0.5) is 0 Å². The fraction of sp³-hybridized carbons (Fsp3) is 0.692. The van der Waals surface area contributed by atoms with Crippen LogP contribution in [-0.4, -0.2) is 23.4 Å². The van der Waals surface area contributed by atoms with Crippen molar-refractivity contribution in [3.63, 3.8) is 0 Å². The molecule has 1 aliphatic heterocycles. The Bertz CT molecular complexity index is 399. The van der Waals surface area contributed by atoms with Gasteiger partial charge in [-0.3, -0.25) is 24.5 Å². The summed E-state index contributed by atoms with van der Waals surface area (Å²) in [6.07, 6.45) is 2.31. The van der Waals surface area contributed by atoms with Crippen molar-refractivity contribution in [1.29, 1.82) is 0 Å². The Labute approximate surface area is 105 Å². The highest BCUT2D eigenvalue weighted by atomic mass is 16.2. The molecule has 2 amide bonds. The summed E-state index contributed by atoms with van der Waals surface area (Å²) in [6, 6.07) is 0. The van der Waals surface area contributed by atoms with E-state index in [1.54, 1.807) is 0 Å². The molecule has 0 aromatic rings. The summed E-state index contributed by atoms with van der Waals surface area (Å²) in [5, 5.41) is 2.17. The smallest absolute Gasteiger partial charge is 0.227 e. The van der Waals surface area contributed by atoms with E-state index in [9.17, 15) is 19.2 Å². The SMILES string of the molecule is CC1CCCC(C(=O)C2CC(=O)NC(=O)C2)C1=O. The standard InChI is InChI=1S/C13H17NO4/c1-7-3-2-4-9(12(7)17)13(18)8-5-10(15)14-11(16)6-8/h7-9H,2-6H2,1H3,(H,14,15,16). The lowest BCUT2D eigenvalue weighted by atomic mass is 9.74. The monoisotopic (exact) mass is 251 g/mol. The molecule has 2 aliphatic rings. The molecule has 5 nitrogen and oxygen atoms in total. The lowest BCUT2D eigenvalue weighted by molar-refractivity contribution is -0.145. The van der Waals surface area contributed by atoms with E-state index in [4.69, 9.17) is 0 Å². The predicted molar refractivity (Wildman–Crippen MR) is 62.4 cm³/mol. The highest BCUT2D eigenvalue weighted by Crippen LogP contribution is 2.30. The summed E-state index contributed by atoms with van der Waals surface area (Å²) >= 11 is 0. The van der Waals surface area contributed by atoms with Crippen molar-refractivity contribution in [1.82, 2.24) is 5.32 Å². The van der Waals surface area contributed by atoms with E-state index in [0.717, 1.165) is 12.8 Å². The molecule has 0 aromatic carbocycles. The summed E-state index contributed by atoms with van der Waals surface area (Å²) in [7, 11) is 0. The van der Waals surface area contributed by atoms with Crippen LogP contribution in [0.2, 0.25) is 0 Å². The second kappa shape index (κ2) is 5.00. The summed E-state index contributed by atoms with van der Waals surface area (Å²) in [5.41, 5.74) is 0. The third kappa shape index (κ3) is 2.49. The van der Waals surface area contributed by atoms with Crippen LogP contribution in [0.3, 0.4) is 0 Å². The van der Waals surface area contributed by atoms with Crippen molar-refractivity contribution in [2.24, 2.45) is 17.8 Å². The number of nitrogens with one attached hydrogen (secondary N) is 1. The van der Waals surface area contributed by atoms with E-state index >= 15 is 0 Å². The molecule has 0 radical (unpaired) electrons. The number of imide groups is 1. The van der Waals surface area contributed by atoms with Gasteiger partial charge in [-0.2, -0.15) is 0 Å². The van der Waals surface area contributed by atoms with E-state index in [1.807, 2.05) is 6.92 Å². The van der Waals surface area contributed by atoms with Crippen LogP contribution in [0.15, 0.2) is 0 Å². The predicted octanol–water partition coefficient (Wildman–Crippen LogP) is 0.614. The van der Waals surface area contributed by atoms with Gasteiger partial charge in [-0.05, 0) is 12.8 Å². The van der Waals surface area contributed by atoms with Gasteiger partial charge in [0.05, 0.1) is 5.92 Å². The second-order valence-corrected chi connectivity index (χ2v) is 5.27. The Morgan fingerprint density at radius 3 is 2.33 bits per heavy atom. The topological polar surface area (TPSA) is 80.3 Å². The normalized spacial score (nSPS) is 30.2. The Hall–Kier alpha value is -1.52. The zero-order chi connectivity index (χ0) is 13.3. The second-order valence-electron chi connectivity index (χ2n) is 5.27. The zero-order valence-electron chi connectivity index (χ0n) is 10.4. The first-order valence-corrected chi connectivity index (χ1v) is 6.39. The summed E-state index contributed by atoms with van der Waals surface area (Å²) in [6.45, 7) is 1.83. The number of hydrogen-bond donors (Lipinski definition) is 1. The van der Waals surface area contributed by atoms with Crippen molar-refractivity contribution in [3.05, 3.63) is 0 Å². The highest BCUT2D eigenvalue weighted by molar-refractivity contribution is 6.09. The number of amides is 2. The summed E-state index contributed by atoms with van der Waals surface area (Å²) in [5.74, 6) is -2.36. The quantitative estimate of drug-likeness (QED) is 0.576. The minimum atomic E-state index is -0.606. The van der Waals surface area contributed by atoms with E-state index in [2.05, 4.69) is 5.32 Å². The van der Waals surface area contributed by atoms with Gasteiger partial charge in [0.2, 0.25) is 11.8 Å². The van der Waals surface area contributed by atoms with Gasteiger partial charge in [0, 0.05) is 24.7 Å². The van der Waals surface area contributed by atoms with Crippen molar-refractivity contribution >= 4 is 23.4 Å². The van der Waals surface area contributed by atoms with Gasteiger partial charge in [0.15, 0.2) is 0 Å². The molecule has 18 heavy (non-hydrogen) atoms. The molecule has 1 saturated carbocycles. The highest BCUT2D eigenvalue weighted by Gasteiger charge is 2.39. The molecule has 2 unspecified atom stereocenters. The van der Waals surface area contributed by atoms with Gasteiger partial charge in [0.25, 0.3) is 0 Å². The average molecular weight is 251 g/mol. The molecular formula is C13H17NO4. The molecule has 1 aliphatic carbocycles. The number of hydrogen-bond acceptors (Lipinski definition) is 4. The third-order valence-electron chi connectivity index (χ3n) is 3.85. The Balaban J connectivity index is 2.08. The van der Waals surface area contributed by atoms with Gasteiger partial charge >= 0.3 is 0 Å². The molecular weight excluding hydrogens is 234 g/mol. The minimum Gasteiger partial charge on any atom is -0.299 e. The van der Waals surface area contributed by atoms with Gasteiger partial charge in [-0.1, -0.05) is 13.3 Å². The Morgan fingerprint density at radius 2 is 1.72 bits per heavy atom. The third-order valence-corrected chi connectivity index (χ3v) is 3.85. The van der Waals surface area contributed by atoms with E-state index in [1.165, 1.54) is 0 Å². The van der Waals surface area contributed by atoms with Gasteiger partial charge < -0.3 is 0 Å². The van der Waals surface area contributed by atoms with E-state index in [-0.39, 0.29) is 30.3 Å². The largest absolute Gasteiger partial charge is 0.299 e. The fourth-order valence-corrected chi connectivity index (χ4v) is 2.80. The van der Waals surface area contributed by atoms with Crippen LogP contribution >= 0.6 is 0 Å². The van der Waals surface area contributed by atoms with Crippen molar-refractivity contribution in [2.75, 3.05) is 0 Å². The van der Waals surface area contributed by atoms with Crippen LogP contribution < -0.4 is 5.32 Å². The van der Waals surface area contributed by atoms with E-state index in [0.29, 0.717) is 6.42 Å². The molecule has 5 heteroatoms. The summed E-state index contributed by atoms with van der Waals surface area (Å²) < 4.78 is 0. The van der Waals surface area contributed by atoms with Gasteiger partial charge in [-0.25, -0.2) is 0 Å². The first-order valence-electron chi connectivity index (χ1n) is 6.39. The molecule has 1 heterocycles. The number of carbonyl (C=O) groups excluding carboxylic acids is 4. The van der Waals surface area contributed by atoms with Crippen molar-refractivity contribution < 1.29 is 19.2 Å². The summed E-state index contributed by atoms with van der Waals surface area (Å²) in [4.78, 5) is 46.7. The maximum atomic E-state index is 12.2. The first-order chi connectivity index (χ1) is 8.49. The molecule has 2 rings (SSSR count). The van der Waals surface area contributed by atoms with Crippen LogP contribution in [0.1, 0.15) is 39.0 Å². The molecule has 0 aromatic heterocycles. The Morgan fingerprint density at radius 1 is 1.11 bits per heavy atom. The molecule has 98 valence electrons. The fourth-order valence-electron chi connectivity index (χ4n) is 2.80. The number of carbonyl (C=O) groups is 4.